The molecule has 26 heavy (non-hydrogen) atoms. The largest absolute Gasteiger partial charge is 0.386 e. The molecule has 0 aliphatic carbocycles. The molecule has 0 saturated heterocycles. The number of hydrogen-bond acceptors (Lipinski definition) is 4. The Hall–Kier alpha value is -2.62. The van der Waals surface area contributed by atoms with Crippen LogP contribution in [0.15, 0.2) is 48.5 Å². The fourth-order valence-corrected chi connectivity index (χ4v) is 2.38. The molecule has 0 heterocycles. The summed E-state index contributed by atoms with van der Waals surface area (Å²) in [6, 6.07) is 14.1. The van der Waals surface area contributed by atoms with Gasteiger partial charge in [0.05, 0.1) is 11.1 Å². The Morgan fingerprint density at radius 1 is 0.577 bits per heavy atom. The second kappa shape index (κ2) is 7.32. The molecule has 2 aromatic carbocycles. The van der Waals surface area contributed by atoms with Crippen LogP contribution >= 0.6 is 0 Å². The SMILES string of the molecule is CC(C)(C)c1ccc(C(=O)OOC(=O)c2ccc(C(C)(C)C)cc2)cc1. The molecule has 0 N–H and O–H groups in total. The maximum absolute atomic E-state index is 12.0. The van der Waals surface area contributed by atoms with E-state index in [1.165, 1.54) is 0 Å². The zero-order valence-corrected chi connectivity index (χ0v) is 16.3. The average Bonchev–Trinajstić information content (AvgIpc) is 2.58. The van der Waals surface area contributed by atoms with Crippen LogP contribution in [0.5, 0.6) is 0 Å². The lowest BCUT2D eigenvalue weighted by atomic mass is 9.87. The molecule has 4 nitrogen and oxygen atoms in total. The molecule has 0 radical (unpaired) electrons. The second-order valence-electron chi connectivity index (χ2n) is 8.40. The highest BCUT2D eigenvalue weighted by Gasteiger charge is 2.18. The van der Waals surface area contributed by atoms with Crippen molar-refractivity contribution in [3.8, 4) is 0 Å². The van der Waals surface area contributed by atoms with Crippen LogP contribution in [0.3, 0.4) is 0 Å². The Kier molecular flexibility index (Phi) is 5.55. The van der Waals surface area contributed by atoms with E-state index < -0.39 is 11.9 Å². The van der Waals surface area contributed by atoms with Crippen LogP contribution in [0.2, 0.25) is 0 Å². The smallest absolute Gasteiger partial charge is 0.242 e. The summed E-state index contributed by atoms with van der Waals surface area (Å²) in [5.74, 6) is -1.41. The maximum atomic E-state index is 12.0. The summed E-state index contributed by atoms with van der Waals surface area (Å²) in [4.78, 5) is 33.4. The van der Waals surface area contributed by atoms with E-state index in [1.807, 2.05) is 24.3 Å². The van der Waals surface area contributed by atoms with Gasteiger partial charge in [0.15, 0.2) is 0 Å². The first kappa shape index (κ1) is 19.7. The van der Waals surface area contributed by atoms with Gasteiger partial charge in [-0.1, -0.05) is 65.8 Å². The lowest BCUT2D eigenvalue weighted by Crippen LogP contribution is -2.14. The van der Waals surface area contributed by atoms with Crippen molar-refractivity contribution in [1.82, 2.24) is 0 Å². The highest BCUT2D eigenvalue weighted by molar-refractivity contribution is 5.92. The van der Waals surface area contributed by atoms with E-state index in [2.05, 4.69) is 51.3 Å². The monoisotopic (exact) mass is 354 g/mol. The number of benzene rings is 2. The quantitative estimate of drug-likeness (QED) is 0.549. The third-order valence-electron chi connectivity index (χ3n) is 4.17. The first-order valence-electron chi connectivity index (χ1n) is 8.63. The molecule has 0 bridgehead atoms. The molecule has 4 heteroatoms. The fraction of sp³-hybridized carbons (Fsp3) is 0.364. The number of carbonyl (C=O) groups is 2. The molecule has 0 spiro atoms. The summed E-state index contributed by atoms with van der Waals surface area (Å²) in [6.07, 6.45) is 0. The third-order valence-corrected chi connectivity index (χ3v) is 4.17. The minimum atomic E-state index is -0.704. The molecular formula is C22H26O4. The van der Waals surface area contributed by atoms with Crippen LogP contribution in [0.1, 0.15) is 73.4 Å². The molecule has 138 valence electrons. The van der Waals surface area contributed by atoms with Crippen molar-refractivity contribution in [3.05, 3.63) is 70.8 Å². The lowest BCUT2D eigenvalue weighted by Gasteiger charge is -2.19. The standard InChI is InChI=1S/C22H26O4/c1-21(2,3)17-11-7-15(8-12-17)19(23)25-26-20(24)16-9-13-18(14-10-16)22(4,5)6/h7-14H,1-6H3. The zero-order chi connectivity index (χ0) is 19.5. The molecule has 2 rings (SSSR count). The van der Waals surface area contributed by atoms with Crippen molar-refractivity contribution in [2.75, 3.05) is 0 Å². The van der Waals surface area contributed by atoms with Crippen molar-refractivity contribution in [1.29, 1.82) is 0 Å². The van der Waals surface area contributed by atoms with Crippen LogP contribution in [-0.2, 0) is 20.6 Å². The summed E-state index contributed by atoms with van der Waals surface area (Å²) in [7, 11) is 0. The zero-order valence-electron chi connectivity index (χ0n) is 16.3. The van der Waals surface area contributed by atoms with Gasteiger partial charge in [0.1, 0.15) is 0 Å². The Morgan fingerprint density at radius 3 is 1.08 bits per heavy atom. The summed E-state index contributed by atoms with van der Waals surface area (Å²) in [5.41, 5.74) is 2.85. The number of carbonyl (C=O) groups excluding carboxylic acids is 2. The highest BCUT2D eigenvalue weighted by atomic mass is 17.2. The number of rotatable bonds is 2. The normalized spacial score (nSPS) is 11.8. The van der Waals surface area contributed by atoms with E-state index in [0.717, 1.165) is 11.1 Å². The summed E-state index contributed by atoms with van der Waals surface area (Å²) in [5, 5.41) is 0. The lowest BCUT2D eigenvalue weighted by molar-refractivity contribution is -0.187. The topological polar surface area (TPSA) is 52.6 Å². The van der Waals surface area contributed by atoms with Crippen molar-refractivity contribution in [3.63, 3.8) is 0 Å². The molecule has 0 aliphatic heterocycles. The van der Waals surface area contributed by atoms with E-state index in [1.54, 1.807) is 24.3 Å². The summed E-state index contributed by atoms with van der Waals surface area (Å²) >= 11 is 0. The van der Waals surface area contributed by atoms with Crippen molar-refractivity contribution in [2.24, 2.45) is 0 Å². The van der Waals surface area contributed by atoms with Crippen LogP contribution in [0, 0.1) is 0 Å². The Labute approximate surface area is 155 Å². The van der Waals surface area contributed by atoms with Crippen LogP contribution in [0.25, 0.3) is 0 Å². The van der Waals surface area contributed by atoms with E-state index in [4.69, 9.17) is 0 Å². The van der Waals surface area contributed by atoms with Gasteiger partial charge in [-0.05, 0) is 46.2 Å². The van der Waals surface area contributed by atoms with E-state index in [9.17, 15) is 9.59 Å². The Morgan fingerprint density at radius 2 is 0.846 bits per heavy atom. The maximum Gasteiger partial charge on any atom is 0.386 e. The van der Waals surface area contributed by atoms with Gasteiger partial charge in [-0.25, -0.2) is 19.4 Å². The van der Waals surface area contributed by atoms with Crippen molar-refractivity contribution < 1.29 is 19.4 Å². The van der Waals surface area contributed by atoms with Gasteiger partial charge in [0.25, 0.3) is 0 Å². The fourth-order valence-electron chi connectivity index (χ4n) is 2.38. The first-order valence-corrected chi connectivity index (χ1v) is 8.63. The van der Waals surface area contributed by atoms with Gasteiger partial charge in [0, 0.05) is 0 Å². The van der Waals surface area contributed by atoms with Gasteiger partial charge < -0.3 is 0 Å². The predicted octanol–water partition coefficient (Wildman–Crippen LogP) is 5.21. The molecule has 0 saturated carbocycles. The molecule has 0 fully saturated rings. The Balaban J connectivity index is 1.97. The van der Waals surface area contributed by atoms with Crippen LogP contribution < -0.4 is 0 Å². The van der Waals surface area contributed by atoms with Gasteiger partial charge in [0.2, 0.25) is 0 Å². The van der Waals surface area contributed by atoms with Crippen molar-refractivity contribution >= 4 is 11.9 Å². The van der Waals surface area contributed by atoms with Gasteiger partial charge in [-0.15, -0.1) is 0 Å². The third kappa shape index (κ3) is 4.94. The summed E-state index contributed by atoms with van der Waals surface area (Å²) in [6.45, 7) is 12.5. The molecule has 0 aromatic heterocycles. The second-order valence-corrected chi connectivity index (χ2v) is 8.40. The summed E-state index contributed by atoms with van der Waals surface area (Å²) < 4.78 is 0. The minimum absolute atomic E-state index is 0.00584. The van der Waals surface area contributed by atoms with E-state index >= 15 is 0 Å². The van der Waals surface area contributed by atoms with Gasteiger partial charge >= 0.3 is 11.9 Å². The Bertz CT molecular complexity index is 703. The van der Waals surface area contributed by atoms with Crippen LogP contribution in [0.4, 0.5) is 0 Å². The molecule has 2 aromatic rings. The highest BCUT2D eigenvalue weighted by Crippen LogP contribution is 2.23. The van der Waals surface area contributed by atoms with Crippen LogP contribution in [-0.4, -0.2) is 11.9 Å². The van der Waals surface area contributed by atoms with Crippen molar-refractivity contribution in [2.45, 2.75) is 52.4 Å². The predicted molar refractivity (Wildman–Crippen MR) is 101 cm³/mol. The average molecular weight is 354 g/mol. The molecule has 0 atom stereocenters. The molecular weight excluding hydrogens is 328 g/mol. The molecule has 0 amide bonds. The molecule has 0 unspecified atom stereocenters. The van der Waals surface area contributed by atoms with Gasteiger partial charge in [-0.3, -0.25) is 0 Å². The first-order chi connectivity index (χ1) is 12.0. The number of hydrogen-bond donors (Lipinski definition) is 0. The van der Waals surface area contributed by atoms with Gasteiger partial charge in [-0.2, -0.15) is 0 Å². The van der Waals surface area contributed by atoms with E-state index in [-0.39, 0.29) is 10.8 Å². The van der Waals surface area contributed by atoms with E-state index in [0.29, 0.717) is 11.1 Å². The molecule has 0 aliphatic rings. The minimum Gasteiger partial charge on any atom is -0.242 e.